The molecule has 0 bridgehead atoms. The molecule has 37 heavy (non-hydrogen) atoms. The average Bonchev–Trinajstić information content (AvgIpc) is 3.40. The minimum Gasteiger partial charge on any atom is -0.322 e. The third-order valence-electron chi connectivity index (χ3n) is 7.84. The van der Waals surface area contributed by atoms with Gasteiger partial charge in [-0.25, -0.2) is 4.68 Å². The van der Waals surface area contributed by atoms with E-state index in [1.54, 1.807) is 0 Å². The standard InChI is InChI=1S/C30H38N6O/c1-4-22-15-16-27-24(17-22)18-25(30(37)31-27)20-35(19-23-13-11-21(3)12-14-23)28(5-2)29-32-33-34-36(29)26-9-7-6-8-10-26/h11-18,26,28H,4-10,19-20H2,1-3H3,(H,31,37)/t28-/m1/s1. The van der Waals surface area contributed by atoms with E-state index in [-0.39, 0.29) is 11.6 Å². The van der Waals surface area contributed by atoms with Gasteiger partial charge in [-0.15, -0.1) is 5.10 Å². The van der Waals surface area contributed by atoms with Crippen LogP contribution in [0.3, 0.4) is 0 Å². The Hall–Kier alpha value is -3.32. The zero-order valence-corrected chi connectivity index (χ0v) is 22.3. The molecule has 0 aliphatic heterocycles. The third-order valence-corrected chi connectivity index (χ3v) is 7.84. The predicted molar refractivity (Wildman–Crippen MR) is 147 cm³/mol. The van der Waals surface area contributed by atoms with Gasteiger partial charge in [0.15, 0.2) is 5.82 Å². The van der Waals surface area contributed by atoms with Crippen LogP contribution in [0.2, 0.25) is 0 Å². The van der Waals surface area contributed by atoms with Gasteiger partial charge >= 0.3 is 0 Å². The van der Waals surface area contributed by atoms with Crippen LogP contribution in [0.25, 0.3) is 10.9 Å². The molecule has 0 amide bonds. The number of pyridine rings is 1. The molecule has 7 nitrogen and oxygen atoms in total. The van der Waals surface area contributed by atoms with Crippen LogP contribution in [0.5, 0.6) is 0 Å². The topological polar surface area (TPSA) is 79.7 Å². The Morgan fingerprint density at radius 2 is 1.76 bits per heavy atom. The molecule has 0 spiro atoms. The smallest absolute Gasteiger partial charge is 0.252 e. The van der Waals surface area contributed by atoms with Crippen molar-refractivity contribution in [3.8, 4) is 0 Å². The first kappa shape index (κ1) is 25.3. The maximum Gasteiger partial charge on any atom is 0.252 e. The summed E-state index contributed by atoms with van der Waals surface area (Å²) in [4.78, 5) is 18.7. The molecule has 0 saturated heterocycles. The van der Waals surface area contributed by atoms with Crippen molar-refractivity contribution in [2.24, 2.45) is 0 Å². The van der Waals surface area contributed by atoms with Crippen LogP contribution in [0.1, 0.15) is 92.5 Å². The fourth-order valence-electron chi connectivity index (χ4n) is 5.67. The van der Waals surface area contributed by atoms with E-state index in [4.69, 9.17) is 0 Å². The van der Waals surface area contributed by atoms with Crippen LogP contribution in [0.4, 0.5) is 0 Å². The lowest BCUT2D eigenvalue weighted by atomic mass is 9.95. The second-order valence-corrected chi connectivity index (χ2v) is 10.5. The minimum atomic E-state index is -0.0348. The number of aryl methyl sites for hydroxylation is 2. The Balaban J connectivity index is 1.52. The number of nitrogens with one attached hydrogen (secondary N) is 1. The van der Waals surface area contributed by atoms with Gasteiger partial charge < -0.3 is 4.98 Å². The Bertz CT molecular complexity index is 1380. The van der Waals surface area contributed by atoms with E-state index < -0.39 is 0 Å². The maximum atomic E-state index is 13.2. The van der Waals surface area contributed by atoms with Crippen molar-refractivity contribution < 1.29 is 0 Å². The molecule has 1 aliphatic carbocycles. The lowest BCUT2D eigenvalue weighted by Crippen LogP contribution is -2.33. The zero-order valence-electron chi connectivity index (χ0n) is 22.3. The van der Waals surface area contributed by atoms with Crippen molar-refractivity contribution in [3.05, 3.63) is 87.0 Å². The van der Waals surface area contributed by atoms with Gasteiger partial charge in [0.25, 0.3) is 5.56 Å². The Morgan fingerprint density at radius 1 is 1.00 bits per heavy atom. The summed E-state index contributed by atoms with van der Waals surface area (Å²) < 4.78 is 2.08. The van der Waals surface area contributed by atoms with Crippen molar-refractivity contribution >= 4 is 10.9 Å². The molecule has 1 saturated carbocycles. The Labute approximate surface area is 218 Å². The van der Waals surface area contributed by atoms with E-state index in [0.717, 1.165) is 48.0 Å². The van der Waals surface area contributed by atoms with Gasteiger partial charge in [-0.3, -0.25) is 9.69 Å². The average molecular weight is 499 g/mol. The lowest BCUT2D eigenvalue weighted by Gasteiger charge is -2.32. The minimum absolute atomic E-state index is 0.00435. The molecule has 194 valence electrons. The summed E-state index contributed by atoms with van der Waals surface area (Å²) in [7, 11) is 0. The second-order valence-electron chi connectivity index (χ2n) is 10.5. The fourth-order valence-corrected chi connectivity index (χ4v) is 5.67. The number of benzene rings is 2. The van der Waals surface area contributed by atoms with Gasteiger partial charge in [0.1, 0.15) is 0 Å². The second kappa shape index (κ2) is 11.4. The van der Waals surface area contributed by atoms with Crippen molar-refractivity contribution in [1.29, 1.82) is 0 Å². The number of aromatic nitrogens is 5. The number of hydrogen-bond acceptors (Lipinski definition) is 5. The quantitative estimate of drug-likeness (QED) is 0.304. The molecule has 2 heterocycles. The molecule has 0 unspecified atom stereocenters. The highest BCUT2D eigenvalue weighted by atomic mass is 16.1. The van der Waals surface area contributed by atoms with Gasteiger partial charge in [-0.05, 0) is 77.7 Å². The highest BCUT2D eigenvalue weighted by Crippen LogP contribution is 2.32. The molecule has 4 aromatic rings. The van der Waals surface area contributed by atoms with Crippen LogP contribution < -0.4 is 5.56 Å². The van der Waals surface area contributed by atoms with Crippen molar-refractivity contribution in [1.82, 2.24) is 30.1 Å². The van der Waals surface area contributed by atoms with Crippen molar-refractivity contribution in [3.63, 3.8) is 0 Å². The number of hydrogen-bond donors (Lipinski definition) is 1. The molecule has 2 aromatic carbocycles. The molecular weight excluding hydrogens is 460 g/mol. The van der Waals surface area contributed by atoms with Crippen molar-refractivity contribution in [2.75, 3.05) is 0 Å². The third kappa shape index (κ3) is 5.67. The van der Waals surface area contributed by atoms with Crippen molar-refractivity contribution in [2.45, 2.75) is 90.9 Å². The normalized spacial score (nSPS) is 15.5. The number of tetrazole rings is 1. The molecule has 1 atom stereocenters. The van der Waals surface area contributed by atoms with E-state index in [9.17, 15) is 4.79 Å². The summed E-state index contributed by atoms with van der Waals surface area (Å²) in [6.07, 6.45) is 7.79. The first-order chi connectivity index (χ1) is 18.1. The lowest BCUT2D eigenvalue weighted by molar-refractivity contribution is 0.155. The van der Waals surface area contributed by atoms with E-state index in [1.807, 2.05) is 6.07 Å². The van der Waals surface area contributed by atoms with E-state index in [2.05, 4.69) is 93.3 Å². The number of H-pyrrole nitrogens is 1. The summed E-state index contributed by atoms with van der Waals surface area (Å²) >= 11 is 0. The summed E-state index contributed by atoms with van der Waals surface area (Å²) in [5.41, 5.74) is 5.33. The zero-order chi connectivity index (χ0) is 25.8. The highest BCUT2D eigenvalue weighted by molar-refractivity contribution is 5.79. The number of aromatic amines is 1. The summed E-state index contributed by atoms with van der Waals surface area (Å²) in [6.45, 7) is 7.67. The molecule has 1 N–H and O–H groups in total. The van der Waals surface area contributed by atoms with Gasteiger partial charge in [0, 0.05) is 24.2 Å². The monoisotopic (exact) mass is 498 g/mol. The molecule has 1 fully saturated rings. The highest BCUT2D eigenvalue weighted by Gasteiger charge is 2.29. The SMILES string of the molecule is CCc1ccc2[nH]c(=O)c(CN(Cc3ccc(C)cc3)[C@H](CC)c3nnnn3C3CCCCC3)cc2c1. The van der Waals surface area contributed by atoms with Crippen LogP contribution in [-0.2, 0) is 19.5 Å². The van der Waals surface area contributed by atoms with Crippen LogP contribution >= 0.6 is 0 Å². The largest absolute Gasteiger partial charge is 0.322 e. The van der Waals surface area contributed by atoms with Gasteiger partial charge in [-0.1, -0.05) is 69.0 Å². The van der Waals surface area contributed by atoms with Gasteiger partial charge in [-0.2, -0.15) is 0 Å². The number of fused-ring (bicyclic) bond motifs is 1. The molecule has 0 radical (unpaired) electrons. The van der Waals surface area contributed by atoms with Crippen LogP contribution in [0.15, 0.2) is 53.3 Å². The molecule has 7 heteroatoms. The van der Waals surface area contributed by atoms with Crippen LogP contribution in [-0.4, -0.2) is 30.1 Å². The van der Waals surface area contributed by atoms with E-state index in [1.165, 1.54) is 36.0 Å². The van der Waals surface area contributed by atoms with Gasteiger partial charge in [0.05, 0.1) is 12.1 Å². The summed E-state index contributed by atoms with van der Waals surface area (Å²) in [6, 6.07) is 17.3. The predicted octanol–water partition coefficient (Wildman–Crippen LogP) is 6.04. The van der Waals surface area contributed by atoms with Crippen LogP contribution in [0, 0.1) is 6.92 Å². The molecule has 2 aromatic heterocycles. The molecule has 1 aliphatic rings. The van der Waals surface area contributed by atoms with E-state index >= 15 is 0 Å². The number of rotatable bonds is 9. The first-order valence-electron chi connectivity index (χ1n) is 13.8. The number of nitrogens with zero attached hydrogens (tertiary/aromatic N) is 5. The summed E-state index contributed by atoms with van der Waals surface area (Å²) in [5, 5.41) is 14.2. The summed E-state index contributed by atoms with van der Waals surface area (Å²) in [5.74, 6) is 0.909. The first-order valence-corrected chi connectivity index (χ1v) is 13.8. The van der Waals surface area contributed by atoms with Gasteiger partial charge in [0.2, 0.25) is 0 Å². The Kier molecular flexibility index (Phi) is 7.79. The molecule has 5 rings (SSSR count). The fraction of sp³-hybridized carbons (Fsp3) is 0.467. The maximum absolute atomic E-state index is 13.2. The van der Waals surface area contributed by atoms with E-state index in [0.29, 0.717) is 19.1 Å². The Morgan fingerprint density at radius 3 is 2.49 bits per heavy atom. The molecular formula is C30H38N6O.